The van der Waals surface area contributed by atoms with Gasteiger partial charge in [-0.3, -0.25) is 4.79 Å². The molecule has 1 heterocycles. The van der Waals surface area contributed by atoms with E-state index in [1.165, 1.54) is 7.11 Å². The van der Waals surface area contributed by atoms with Gasteiger partial charge in [0.1, 0.15) is 6.10 Å². The number of fused-ring (bicyclic) bond motifs is 5. The van der Waals surface area contributed by atoms with E-state index in [-0.39, 0.29) is 29.3 Å². The van der Waals surface area contributed by atoms with Crippen molar-refractivity contribution in [2.45, 2.75) is 121 Å². The molecule has 7 heteroatoms. The largest absolute Gasteiger partial charge is 0.469 e. The van der Waals surface area contributed by atoms with Crippen LogP contribution in [0.5, 0.6) is 0 Å². The highest BCUT2D eigenvalue weighted by Crippen LogP contribution is 2.69. The number of esters is 1. The molecule has 0 amide bonds. The molecule has 0 aromatic carbocycles. The summed E-state index contributed by atoms with van der Waals surface area (Å²) in [5, 5.41) is 32.2. The third-order valence-electron chi connectivity index (χ3n) is 11.3. The number of carbonyl (C=O) groups excluding carboxylic acids is 1. The van der Waals surface area contributed by atoms with E-state index in [9.17, 15) is 20.1 Å². The molecule has 34 heavy (non-hydrogen) atoms. The van der Waals surface area contributed by atoms with E-state index in [0.717, 1.165) is 51.4 Å². The zero-order chi connectivity index (χ0) is 24.5. The Morgan fingerprint density at radius 3 is 2.44 bits per heavy atom. The average Bonchev–Trinajstić information content (AvgIpc) is 3.08. The zero-order valence-corrected chi connectivity index (χ0v) is 21.2. The van der Waals surface area contributed by atoms with Gasteiger partial charge < -0.3 is 29.5 Å². The Morgan fingerprint density at radius 1 is 0.971 bits per heavy atom. The lowest BCUT2D eigenvalue weighted by Crippen LogP contribution is -2.62. The topological polar surface area (TPSA) is 105 Å². The van der Waals surface area contributed by atoms with Gasteiger partial charge in [-0.15, -0.1) is 0 Å². The summed E-state index contributed by atoms with van der Waals surface area (Å²) >= 11 is 0. The van der Waals surface area contributed by atoms with E-state index in [1.807, 2.05) is 0 Å². The lowest BCUT2D eigenvalue weighted by Gasteiger charge is -2.63. The Morgan fingerprint density at radius 2 is 1.74 bits per heavy atom. The molecule has 7 nitrogen and oxygen atoms in total. The van der Waals surface area contributed by atoms with Crippen LogP contribution >= 0.6 is 0 Å². The summed E-state index contributed by atoms with van der Waals surface area (Å²) in [7, 11) is 1.46. The van der Waals surface area contributed by atoms with Gasteiger partial charge in [0.25, 0.3) is 0 Å². The number of methoxy groups -OCH3 is 1. The Bertz CT molecular complexity index is 777. The molecule has 5 aliphatic rings. The van der Waals surface area contributed by atoms with Gasteiger partial charge in [-0.25, -0.2) is 0 Å². The van der Waals surface area contributed by atoms with Gasteiger partial charge in [-0.1, -0.05) is 13.8 Å². The summed E-state index contributed by atoms with van der Waals surface area (Å²) in [6.07, 6.45) is 6.24. The predicted molar refractivity (Wildman–Crippen MR) is 125 cm³/mol. The summed E-state index contributed by atoms with van der Waals surface area (Å²) in [6.45, 7) is 6.34. The summed E-state index contributed by atoms with van der Waals surface area (Å²) in [4.78, 5) is 12.5. The number of aliphatic hydroxyl groups is 3. The van der Waals surface area contributed by atoms with E-state index >= 15 is 0 Å². The molecule has 5 rings (SSSR count). The Balaban J connectivity index is 1.28. The molecule has 1 aliphatic heterocycles. The van der Waals surface area contributed by atoms with Crippen molar-refractivity contribution in [1.29, 1.82) is 0 Å². The standard InChI is InChI=1S/C27H44O7/c1-15-23(29)21(28)14-22(33-15)34-17-7-10-25(2)16(13-17)5-6-19-18(25)8-11-26(3)20(24(30)32-4)9-12-27(19,26)31/h15-23,28-29,31H,5-14H2,1-4H3/t15?,16-,17+,18+,19-,20-,21-,22+,23-,25+,26-,27+/m1/s1. The molecule has 3 N–H and O–H groups in total. The van der Waals surface area contributed by atoms with Crippen LogP contribution in [-0.2, 0) is 19.0 Å². The molecule has 4 aliphatic carbocycles. The molecule has 1 unspecified atom stereocenters. The fourth-order valence-electron chi connectivity index (χ4n) is 9.16. The van der Waals surface area contributed by atoms with Gasteiger partial charge in [0.2, 0.25) is 0 Å². The van der Waals surface area contributed by atoms with Crippen molar-refractivity contribution in [1.82, 2.24) is 0 Å². The molecule has 4 saturated carbocycles. The van der Waals surface area contributed by atoms with Crippen molar-refractivity contribution in [3.63, 3.8) is 0 Å². The van der Waals surface area contributed by atoms with Crippen LogP contribution in [0.2, 0.25) is 0 Å². The van der Waals surface area contributed by atoms with Crippen molar-refractivity contribution < 1.29 is 34.3 Å². The van der Waals surface area contributed by atoms with Crippen LogP contribution in [0.1, 0.15) is 85.0 Å². The zero-order valence-electron chi connectivity index (χ0n) is 21.2. The monoisotopic (exact) mass is 480 g/mol. The molecule has 12 atom stereocenters. The maximum Gasteiger partial charge on any atom is 0.309 e. The maximum atomic E-state index is 12.5. The van der Waals surface area contributed by atoms with E-state index in [4.69, 9.17) is 14.2 Å². The number of hydrogen-bond acceptors (Lipinski definition) is 7. The molecule has 1 saturated heterocycles. The van der Waals surface area contributed by atoms with Crippen LogP contribution in [0.15, 0.2) is 0 Å². The Hall–Kier alpha value is -0.730. The summed E-state index contributed by atoms with van der Waals surface area (Å²) in [5.41, 5.74) is -1.02. The SMILES string of the molecule is COC(=O)[C@H]1CC[C@]2(O)[C@@H]3CC[C@@H]4C[C@@H](O[C@H]5C[C@@H](O)[C@H](O)C(C)O5)CC[C@]4(C)[C@H]3CC[C@]12C. The second-order valence-corrected chi connectivity index (χ2v) is 12.6. The molecular weight excluding hydrogens is 436 g/mol. The number of hydrogen-bond donors (Lipinski definition) is 3. The van der Waals surface area contributed by atoms with Crippen LogP contribution in [0, 0.1) is 34.5 Å². The molecule has 0 spiro atoms. The van der Waals surface area contributed by atoms with E-state index in [2.05, 4.69) is 13.8 Å². The van der Waals surface area contributed by atoms with Gasteiger partial charge in [-0.05, 0) is 87.9 Å². The minimum Gasteiger partial charge on any atom is -0.469 e. The van der Waals surface area contributed by atoms with Gasteiger partial charge >= 0.3 is 5.97 Å². The lowest BCUT2D eigenvalue weighted by molar-refractivity contribution is -0.271. The lowest BCUT2D eigenvalue weighted by atomic mass is 9.43. The maximum absolute atomic E-state index is 12.5. The first kappa shape index (κ1) is 24.9. The Labute approximate surface area is 203 Å². The van der Waals surface area contributed by atoms with Crippen LogP contribution in [0.25, 0.3) is 0 Å². The fourth-order valence-corrected chi connectivity index (χ4v) is 9.16. The molecule has 0 aromatic rings. The highest BCUT2D eigenvalue weighted by molar-refractivity contribution is 5.74. The fraction of sp³-hybridized carbons (Fsp3) is 0.963. The quantitative estimate of drug-likeness (QED) is 0.421. The van der Waals surface area contributed by atoms with Crippen LogP contribution in [-0.4, -0.2) is 64.7 Å². The third kappa shape index (κ3) is 3.60. The van der Waals surface area contributed by atoms with Gasteiger partial charge in [0.15, 0.2) is 6.29 Å². The second kappa shape index (κ2) is 8.69. The van der Waals surface area contributed by atoms with Gasteiger partial charge in [0, 0.05) is 11.8 Å². The summed E-state index contributed by atoms with van der Waals surface area (Å²) in [6, 6.07) is 0. The minimum atomic E-state index is -0.859. The van der Waals surface area contributed by atoms with Crippen LogP contribution < -0.4 is 0 Å². The highest BCUT2D eigenvalue weighted by atomic mass is 16.7. The third-order valence-corrected chi connectivity index (χ3v) is 11.3. The molecular formula is C27H44O7. The molecule has 194 valence electrons. The van der Waals surface area contributed by atoms with Crippen molar-refractivity contribution in [2.75, 3.05) is 7.11 Å². The summed E-state index contributed by atoms with van der Waals surface area (Å²) < 4.78 is 17.3. The van der Waals surface area contributed by atoms with E-state index in [0.29, 0.717) is 24.7 Å². The predicted octanol–water partition coefficient (Wildman–Crippen LogP) is 3.18. The van der Waals surface area contributed by atoms with Crippen molar-refractivity contribution in [2.24, 2.45) is 34.5 Å². The number of carbonyl (C=O) groups is 1. The normalized spacial score (nSPS) is 55.1. The Kier molecular flexibility index (Phi) is 6.37. The van der Waals surface area contributed by atoms with Gasteiger partial charge in [0.05, 0.1) is 36.9 Å². The first-order chi connectivity index (χ1) is 16.0. The molecule has 5 fully saturated rings. The van der Waals surface area contributed by atoms with Crippen molar-refractivity contribution >= 4 is 5.97 Å². The molecule has 0 bridgehead atoms. The van der Waals surface area contributed by atoms with E-state index < -0.39 is 35.6 Å². The summed E-state index contributed by atoms with van der Waals surface area (Å²) in [5.74, 6) is 0.870. The average molecular weight is 481 g/mol. The van der Waals surface area contributed by atoms with Crippen LogP contribution in [0.4, 0.5) is 0 Å². The first-order valence-electron chi connectivity index (χ1n) is 13.5. The molecule has 0 radical (unpaired) electrons. The van der Waals surface area contributed by atoms with Crippen molar-refractivity contribution in [3.05, 3.63) is 0 Å². The smallest absolute Gasteiger partial charge is 0.309 e. The minimum absolute atomic E-state index is 0.0985. The van der Waals surface area contributed by atoms with Crippen LogP contribution in [0.3, 0.4) is 0 Å². The first-order valence-corrected chi connectivity index (χ1v) is 13.5. The number of aliphatic hydroxyl groups excluding tert-OH is 2. The van der Waals surface area contributed by atoms with E-state index in [1.54, 1.807) is 6.92 Å². The number of rotatable bonds is 3. The number of ether oxygens (including phenoxy) is 3. The van der Waals surface area contributed by atoms with Gasteiger partial charge in [-0.2, -0.15) is 0 Å². The van der Waals surface area contributed by atoms with Crippen molar-refractivity contribution in [3.8, 4) is 0 Å². The highest BCUT2D eigenvalue weighted by Gasteiger charge is 2.68. The second-order valence-electron chi connectivity index (χ2n) is 12.6. The molecule has 0 aromatic heterocycles.